The smallest absolute Gasteiger partial charge is 0.221 e. The number of aromatic nitrogens is 2. The molecule has 25 heavy (non-hydrogen) atoms. The van der Waals surface area contributed by atoms with E-state index in [9.17, 15) is 4.79 Å². The van der Waals surface area contributed by atoms with Crippen LogP contribution in [0.5, 0.6) is 0 Å². The predicted molar refractivity (Wildman–Crippen MR) is 97.1 cm³/mol. The molecule has 5 nitrogen and oxygen atoms in total. The van der Waals surface area contributed by atoms with Crippen LogP contribution in [-0.2, 0) is 11.3 Å². The van der Waals surface area contributed by atoms with Crippen molar-refractivity contribution in [3.8, 4) is 0 Å². The quantitative estimate of drug-likeness (QED) is 0.801. The van der Waals surface area contributed by atoms with Gasteiger partial charge < -0.3 is 9.72 Å². The molecule has 0 aliphatic carbocycles. The van der Waals surface area contributed by atoms with Crippen LogP contribution in [0.4, 0.5) is 0 Å². The zero-order valence-corrected chi connectivity index (χ0v) is 14.4. The number of carbonyl (C=O) groups excluding carboxylic acids is 1. The van der Waals surface area contributed by atoms with Gasteiger partial charge in [0.2, 0.25) is 5.91 Å². The highest BCUT2D eigenvalue weighted by molar-refractivity contribution is 5.77. The van der Waals surface area contributed by atoms with Gasteiger partial charge in [-0.2, -0.15) is 0 Å². The number of carbonyl (C=O) groups is 1. The minimum atomic E-state index is 0.0783. The first-order valence-electron chi connectivity index (χ1n) is 8.70. The van der Waals surface area contributed by atoms with Crippen molar-refractivity contribution in [2.24, 2.45) is 0 Å². The van der Waals surface area contributed by atoms with Crippen LogP contribution >= 0.6 is 0 Å². The Morgan fingerprint density at radius 1 is 1.16 bits per heavy atom. The van der Waals surface area contributed by atoms with E-state index in [0.29, 0.717) is 13.0 Å². The number of hydrogen-bond acceptors (Lipinski definition) is 3. The molecule has 0 saturated carbocycles. The van der Waals surface area contributed by atoms with E-state index in [1.54, 1.807) is 0 Å². The Kier molecular flexibility index (Phi) is 4.24. The number of pyridine rings is 1. The first-order valence-corrected chi connectivity index (χ1v) is 8.70. The number of benzene rings is 1. The molecule has 1 amide bonds. The van der Waals surface area contributed by atoms with Crippen molar-refractivity contribution < 1.29 is 4.79 Å². The summed E-state index contributed by atoms with van der Waals surface area (Å²) in [6, 6.07) is 16.5. The van der Waals surface area contributed by atoms with E-state index in [1.165, 1.54) is 11.3 Å². The van der Waals surface area contributed by atoms with Gasteiger partial charge in [-0.25, -0.2) is 4.98 Å². The fraction of sp³-hybridized carbons (Fsp3) is 0.300. The highest BCUT2D eigenvalue weighted by Gasteiger charge is 2.26. The summed E-state index contributed by atoms with van der Waals surface area (Å²) in [6.45, 7) is 4.31. The normalized spacial score (nSPS) is 18.9. The lowest BCUT2D eigenvalue weighted by molar-refractivity contribution is -0.121. The Hall–Kier alpha value is -2.66. The second-order valence-electron chi connectivity index (χ2n) is 6.58. The van der Waals surface area contributed by atoms with Crippen molar-refractivity contribution >= 4 is 11.6 Å². The van der Waals surface area contributed by atoms with Gasteiger partial charge in [-0.1, -0.05) is 36.4 Å². The van der Waals surface area contributed by atoms with E-state index in [0.717, 1.165) is 24.4 Å². The fourth-order valence-corrected chi connectivity index (χ4v) is 3.55. The van der Waals surface area contributed by atoms with Crippen LogP contribution in [0.15, 0.2) is 54.7 Å². The molecule has 0 unspecified atom stereocenters. The lowest BCUT2D eigenvalue weighted by atomic mass is 10.0. The summed E-state index contributed by atoms with van der Waals surface area (Å²) >= 11 is 0. The third kappa shape index (κ3) is 3.28. The van der Waals surface area contributed by atoms with Gasteiger partial charge in [0.25, 0.3) is 0 Å². The summed E-state index contributed by atoms with van der Waals surface area (Å²) in [4.78, 5) is 19.2. The Balaban J connectivity index is 1.65. The zero-order valence-electron chi connectivity index (χ0n) is 14.4. The summed E-state index contributed by atoms with van der Waals surface area (Å²) in [5, 5.41) is 2.99. The van der Waals surface area contributed by atoms with Crippen LogP contribution in [0, 0.1) is 6.92 Å². The van der Waals surface area contributed by atoms with Gasteiger partial charge >= 0.3 is 0 Å². The summed E-state index contributed by atoms with van der Waals surface area (Å²) in [5.74, 6) is 0.113. The topological polar surface area (TPSA) is 49.6 Å². The van der Waals surface area contributed by atoms with E-state index in [2.05, 4.69) is 45.9 Å². The highest BCUT2D eigenvalue weighted by atomic mass is 16.1. The minimum Gasteiger partial charge on any atom is -0.355 e. The van der Waals surface area contributed by atoms with Crippen LogP contribution in [0.3, 0.4) is 0 Å². The van der Waals surface area contributed by atoms with E-state index >= 15 is 0 Å². The highest BCUT2D eigenvalue weighted by Crippen LogP contribution is 2.27. The van der Waals surface area contributed by atoms with Crippen molar-refractivity contribution in [3.63, 3.8) is 0 Å². The average Bonchev–Trinajstić information content (AvgIpc) is 2.94. The summed E-state index contributed by atoms with van der Waals surface area (Å²) in [6.07, 6.45) is 2.59. The number of aryl methyl sites for hydroxylation is 1. The first kappa shape index (κ1) is 15.8. The Labute approximate surface area is 147 Å². The second-order valence-corrected chi connectivity index (χ2v) is 6.58. The molecule has 0 radical (unpaired) electrons. The summed E-state index contributed by atoms with van der Waals surface area (Å²) in [7, 11) is 0. The van der Waals surface area contributed by atoms with E-state index in [4.69, 9.17) is 4.98 Å². The molecule has 1 aromatic carbocycles. The van der Waals surface area contributed by atoms with Crippen molar-refractivity contribution in [2.45, 2.75) is 25.9 Å². The molecule has 5 heteroatoms. The maximum atomic E-state index is 12.1. The molecule has 1 fully saturated rings. The first-order chi connectivity index (χ1) is 12.2. The second kappa shape index (κ2) is 6.69. The van der Waals surface area contributed by atoms with Crippen LogP contribution < -0.4 is 5.32 Å². The molecular formula is C20H22N4O. The van der Waals surface area contributed by atoms with Gasteiger partial charge in [0.1, 0.15) is 5.65 Å². The van der Waals surface area contributed by atoms with E-state index in [1.807, 2.05) is 30.3 Å². The molecule has 4 rings (SSSR count). The Morgan fingerprint density at radius 3 is 2.80 bits per heavy atom. The molecule has 3 heterocycles. The SMILES string of the molecule is Cc1cccc2nc(CN3CCNC(=O)C[C@@H]3c3ccccc3)cn12. The molecule has 1 atom stereocenters. The summed E-state index contributed by atoms with van der Waals surface area (Å²) in [5.41, 5.74) is 4.35. The maximum absolute atomic E-state index is 12.1. The lowest BCUT2D eigenvalue weighted by Crippen LogP contribution is -2.30. The van der Waals surface area contributed by atoms with Crippen LogP contribution in [0.1, 0.15) is 29.4 Å². The van der Waals surface area contributed by atoms with Gasteiger partial charge in [-0.3, -0.25) is 9.69 Å². The number of amides is 1. The monoisotopic (exact) mass is 334 g/mol. The van der Waals surface area contributed by atoms with Gasteiger partial charge in [0, 0.05) is 44.0 Å². The number of nitrogens with zero attached hydrogens (tertiary/aromatic N) is 3. The van der Waals surface area contributed by atoms with Crippen molar-refractivity contribution in [1.29, 1.82) is 0 Å². The van der Waals surface area contributed by atoms with Crippen LogP contribution in [-0.4, -0.2) is 33.3 Å². The molecule has 128 valence electrons. The van der Waals surface area contributed by atoms with Gasteiger partial charge in [0.05, 0.1) is 5.69 Å². The number of hydrogen-bond donors (Lipinski definition) is 1. The van der Waals surface area contributed by atoms with E-state index < -0.39 is 0 Å². The standard InChI is InChI=1S/C20H22N4O/c1-15-6-5-9-19-22-17(14-24(15)19)13-23-11-10-21-20(25)12-18(23)16-7-3-2-4-8-16/h2-9,14,18H,10-13H2,1H3,(H,21,25)/t18-/m1/s1. The molecule has 0 spiro atoms. The molecular weight excluding hydrogens is 312 g/mol. The number of fused-ring (bicyclic) bond motifs is 1. The fourth-order valence-electron chi connectivity index (χ4n) is 3.55. The number of imidazole rings is 1. The number of rotatable bonds is 3. The molecule has 0 bridgehead atoms. The molecule has 2 aromatic heterocycles. The van der Waals surface area contributed by atoms with Gasteiger partial charge in [0.15, 0.2) is 0 Å². The largest absolute Gasteiger partial charge is 0.355 e. The minimum absolute atomic E-state index is 0.0783. The van der Waals surface area contributed by atoms with Gasteiger partial charge in [-0.05, 0) is 24.6 Å². The van der Waals surface area contributed by atoms with Gasteiger partial charge in [-0.15, -0.1) is 0 Å². The summed E-state index contributed by atoms with van der Waals surface area (Å²) < 4.78 is 2.12. The molecule has 1 saturated heterocycles. The Bertz CT molecular complexity index is 887. The molecule has 3 aromatic rings. The van der Waals surface area contributed by atoms with E-state index in [-0.39, 0.29) is 11.9 Å². The molecule has 1 aliphatic heterocycles. The van der Waals surface area contributed by atoms with Crippen LogP contribution in [0.25, 0.3) is 5.65 Å². The number of nitrogens with one attached hydrogen (secondary N) is 1. The van der Waals surface area contributed by atoms with Crippen molar-refractivity contribution in [3.05, 3.63) is 71.7 Å². The van der Waals surface area contributed by atoms with Crippen molar-refractivity contribution in [1.82, 2.24) is 19.6 Å². The van der Waals surface area contributed by atoms with Crippen LogP contribution in [0.2, 0.25) is 0 Å². The average molecular weight is 334 g/mol. The molecule has 1 aliphatic rings. The maximum Gasteiger partial charge on any atom is 0.221 e. The molecule has 1 N–H and O–H groups in total. The lowest BCUT2D eigenvalue weighted by Gasteiger charge is -2.28. The Morgan fingerprint density at radius 2 is 2.00 bits per heavy atom. The van der Waals surface area contributed by atoms with Crippen molar-refractivity contribution in [2.75, 3.05) is 13.1 Å². The third-order valence-corrected chi connectivity index (χ3v) is 4.84. The third-order valence-electron chi connectivity index (χ3n) is 4.84. The zero-order chi connectivity index (χ0) is 17.2. The predicted octanol–water partition coefficient (Wildman–Crippen LogP) is 2.71.